The van der Waals surface area contributed by atoms with Crippen molar-refractivity contribution in [3.63, 3.8) is 0 Å². The van der Waals surface area contributed by atoms with E-state index in [0.717, 1.165) is 33.2 Å². The van der Waals surface area contributed by atoms with Gasteiger partial charge in [0.2, 0.25) is 0 Å². The van der Waals surface area contributed by atoms with E-state index in [1.165, 1.54) is 0 Å². The van der Waals surface area contributed by atoms with Gasteiger partial charge >= 0.3 is 0 Å². The second kappa shape index (κ2) is 6.07. The first-order valence-corrected chi connectivity index (χ1v) is 8.00. The van der Waals surface area contributed by atoms with Gasteiger partial charge in [-0.25, -0.2) is 4.98 Å². The zero-order valence-electron chi connectivity index (χ0n) is 13.1. The molecule has 1 unspecified atom stereocenters. The lowest BCUT2D eigenvalue weighted by molar-refractivity contribution is 0.0824. The van der Waals surface area contributed by atoms with Gasteiger partial charge in [0.15, 0.2) is 0 Å². The first-order chi connectivity index (χ1) is 11.8. The minimum atomic E-state index is -0.823. The average molecular weight is 318 g/mol. The Morgan fingerprint density at radius 3 is 2.54 bits per heavy atom. The average Bonchev–Trinajstić information content (AvgIpc) is 2.99. The van der Waals surface area contributed by atoms with Crippen molar-refractivity contribution in [1.82, 2.24) is 9.55 Å². The highest BCUT2D eigenvalue weighted by atomic mass is 16.3. The largest absolute Gasteiger partial charge is 0.394 e. The van der Waals surface area contributed by atoms with E-state index in [-0.39, 0.29) is 6.61 Å². The summed E-state index contributed by atoms with van der Waals surface area (Å²) in [5.74, 6) is 0.806. The molecule has 3 aromatic carbocycles. The van der Waals surface area contributed by atoms with Crippen molar-refractivity contribution in [1.29, 1.82) is 0 Å². The third kappa shape index (κ3) is 2.46. The van der Waals surface area contributed by atoms with E-state index < -0.39 is 6.10 Å². The second-order valence-corrected chi connectivity index (χ2v) is 5.90. The van der Waals surface area contributed by atoms with Crippen LogP contribution < -0.4 is 0 Å². The van der Waals surface area contributed by atoms with Gasteiger partial charge in [-0.1, -0.05) is 54.6 Å². The molecule has 0 saturated carbocycles. The van der Waals surface area contributed by atoms with Crippen molar-refractivity contribution in [2.45, 2.75) is 12.6 Å². The van der Waals surface area contributed by atoms with E-state index in [4.69, 9.17) is 4.98 Å². The van der Waals surface area contributed by atoms with Crippen LogP contribution >= 0.6 is 0 Å². The molecule has 4 nitrogen and oxygen atoms in total. The number of nitrogens with zero attached hydrogens (tertiary/aromatic N) is 2. The summed E-state index contributed by atoms with van der Waals surface area (Å²) >= 11 is 0. The normalized spacial score (nSPS) is 12.8. The molecule has 0 aliphatic rings. The number of aromatic nitrogens is 2. The zero-order chi connectivity index (χ0) is 16.5. The third-order valence-corrected chi connectivity index (χ3v) is 4.29. The molecule has 0 aliphatic carbocycles. The minimum absolute atomic E-state index is 0.276. The van der Waals surface area contributed by atoms with Crippen LogP contribution in [0.4, 0.5) is 0 Å². The van der Waals surface area contributed by atoms with Crippen LogP contribution in [0.1, 0.15) is 0 Å². The topological polar surface area (TPSA) is 58.3 Å². The van der Waals surface area contributed by atoms with Crippen molar-refractivity contribution < 1.29 is 10.2 Å². The molecule has 1 atom stereocenters. The van der Waals surface area contributed by atoms with Gasteiger partial charge in [-0.15, -0.1) is 0 Å². The maximum atomic E-state index is 9.98. The molecular formula is C20H18N2O2. The smallest absolute Gasteiger partial charge is 0.141 e. The molecule has 4 aromatic rings. The number of rotatable bonds is 4. The first kappa shape index (κ1) is 14.9. The molecule has 1 aromatic heterocycles. The van der Waals surface area contributed by atoms with E-state index in [1.54, 1.807) is 0 Å². The molecule has 0 saturated heterocycles. The van der Waals surface area contributed by atoms with Crippen LogP contribution in [0.25, 0.3) is 33.2 Å². The van der Waals surface area contributed by atoms with E-state index in [1.807, 2.05) is 53.1 Å². The van der Waals surface area contributed by atoms with Gasteiger partial charge in [0.1, 0.15) is 5.82 Å². The third-order valence-electron chi connectivity index (χ3n) is 4.29. The number of benzene rings is 3. The molecule has 0 amide bonds. The number of hydrogen-bond donors (Lipinski definition) is 2. The Morgan fingerprint density at radius 2 is 1.67 bits per heavy atom. The van der Waals surface area contributed by atoms with Crippen LogP contribution in [0.2, 0.25) is 0 Å². The fourth-order valence-corrected chi connectivity index (χ4v) is 3.15. The highest BCUT2D eigenvalue weighted by Gasteiger charge is 2.16. The molecule has 0 fully saturated rings. The van der Waals surface area contributed by atoms with Gasteiger partial charge < -0.3 is 14.8 Å². The van der Waals surface area contributed by atoms with Gasteiger partial charge in [-0.2, -0.15) is 0 Å². The molecule has 2 N–H and O–H groups in total. The van der Waals surface area contributed by atoms with Crippen molar-refractivity contribution in [3.05, 3.63) is 66.7 Å². The van der Waals surface area contributed by atoms with E-state index in [0.29, 0.717) is 6.54 Å². The summed E-state index contributed by atoms with van der Waals surface area (Å²) < 4.78 is 1.98. The summed E-state index contributed by atoms with van der Waals surface area (Å²) in [4.78, 5) is 4.79. The molecule has 4 rings (SSSR count). The van der Waals surface area contributed by atoms with Gasteiger partial charge in [0, 0.05) is 5.56 Å². The number of imidazole rings is 1. The van der Waals surface area contributed by atoms with Gasteiger partial charge in [0.05, 0.1) is 30.3 Å². The molecular weight excluding hydrogens is 300 g/mol. The number of hydrogen-bond acceptors (Lipinski definition) is 3. The molecule has 0 spiro atoms. The number of fused-ring (bicyclic) bond motifs is 2. The molecule has 120 valence electrons. The predicted octanol–water partition coefficient (Wildman–Crippen LogP) is 3.21. The van der Waals surface area contributed by atoms with Crippen LogP contribution in [0.15, 0.2) is 66.7 Å². The van der Waals surface area contributed by atoms with E-state index in [9.17, 15) is 10.2 Å². The summed E-state index contributed by atoms with van der Waals surface area (Å²) in [5.41, 5.74) is 2.85. The number of aliphatic hydroxyl groups is 2. The molecule has 0 bridgehead atoms. The van der Waals surface area contributed by atoms with Crippen molar-refractivity contribution >= 4 is 21.8 Å². The minimum Gasteiger partial charge on any atom is -0.394 e. The van der Waals surface area contributed by atoms with Crippen LogP contribution in [-0.2, 0) is 6.54 Å². The summed E-state index contributed by atoms with van der Waals surface area (Å²) in [7, 11) is 0. The fourth-order valence-electron chi connectivity index (χ4n) is 3.15. The summed E-state index contributed by atoms with van der Waals surface area (Å²) in [6.45, 7) is 0.0249. The van der Waals surface area contributed by atoms with Gasteiger partial charge in [-0.05, 0) is 22.9 Å². The Bertz CT molecular complexity index is 1000. The maximum Gasteiger partial charge on any atom is 0.141 e. The standard InChI is InChI=1S/C20H18N2O2/c23-13-15(24)12-22-19-11-4-3-10-18(19)21-20(22)17-9-5-7-14-6-1-2-8-16(14)17/h1-11,15,23-24H,12-13H2. The van der Waals surface area contributed by atoms with E-state index >= 15 is 0 Å². The van der Waals surface area contributed by atoms with Crippen molar-refractivity contribution in [2.24, 2.45) is 0 Å². The maximum absolute atomic E-state index is 9.98. The highest BCUT2D eigenvalue weighted by Crippen LogP contribution is 2.31. The SMILES string of the molecule is OCC(O)Cn1c(-c2cccc3ccccc23)nc2ccccc21. The number of para-hydroxylation sites is 2. The Hall–Kier alpha value is -2.69. The molecule has 1 heterocycles. The zero-order valence-corrected chi connectivity index (χ0v) is 13.1. The Balaban J connectivity index is 2.00. The van der Waals surface area contributed by atoms with Crippen LogP contribution in [0.3, 0.4) is 0 Å². The lowest BCUT2D eigenvalue weighted by atomic mass is 10.0. The van der Waals surface area contributed by atoms with Gasteiger partial charge in [-0.3, -0.25) is 0 Å². The molecule has 4 heteroatoms. The molecule has 0 aliphatic heterocycles. The first-order valence-electron chi connectivity index (χ1n) is 8.00. The highest BCUT2D eigenvalue weighted by molar-refractivity contribution is 5.96. The van der Waals surface area contributed by atoms with Crippen LogP contribution in [0.5, 0.6) is 0 Å². The van der Waals surface area contributed by atoms with Crippen molar-refractivity contribution in [3.8, 4) is 11.4 Å². The predicted molar refractivity (Wildman–Crippen MR) is 95.8 cm³/mol. The van der Waals surface area contributed by atoms with E-state index in [2.05, 4.69) is 18.2 Å². The van der Waals surface area contributed by atoms with Gasteiger partial charge in [0.25, 0.3) is 0 Å². The summed E-state index contributed by atoms with van der Waals surface area (Å²) in [6, 6.07) is 22.2. The Labute approximate surface area is 139 Å². The fraction of sp³-hybridized carbons (Fsp3) is 0.150. The second-order valence-electron chi connectivity index (χ2n) is 5.90. The Kier molecular flexibility index (Phi) is 3.76. The summed E-state index contributed by atoms with van der Waals surface area (Å²) in [5, 5.41) is 21.5. The molecule has 0 radical (unpaired) electrons. The molecule has 24 heavy (non-hydrogen) atoms. The van der Waals surface area contributed by atoms with Crippen LogP contribution in [0, 0.1) is 0 Å². The van der Waals surface area contributed by atoms with Crippen molar-refractivity contribution in [2.75, 3.05) is 6.61 Å². The summed E-state index contributed by atoms with van der Waals surface area (Å²) in [6.07, 6.45) is -0.823. The number of aliphatic hydroxyl groups excluding tert-OH is 2. The monoisotopic (exact) mass is 318 g/mol. The lowest BCUT2D eigenvalue weighted by Crippen LogP contribution is -2.20. The Morgan fingerprint density at radius 1 is 0.917 bits per heavy atom. The quantitative estimate of drug-likeness (QED) is 0.607. The van der Waals surface area contributed by atoms with Crippen LogP contribution in [-0.4, -0.2) is 32.5 Å². The lowest BCUT2D eigenvalue weighted by Gasteiger charge is -2.14.